The number of hydrogen-bond donors (Lipinski definition) is 1. The van der Waals surface area contributed by atoms with Crippen molar-refractivity contribution in [2.45, 2.75) is 41.5 Å². The summed E-state index contributed by atoms with van der Waals surface area (Å²) >= 11 is 0. The number of Topliss-reactive ketones (excluding diaryl/α,β-unsaturated/α-hetero) is 1. The van der Waals surface area contributed by atoms with Gasteiger partial charge in [0.1, 0.15) is 19.1 Å². The van der Waals surface area contributed by atoms with Crippen LogP contribution in [0.4, 0.5) is 0 Å². The number of rotatable bonds is 9. The molecule has 2 N–H and O–H groups in total. The molecular formula is C18H43ClN2O9P2. The van der Waals surface area contributed by atoms with Crippen LogP contribution < -0.4 is 5.90 Å². The highest BCUT2D eigenvalue weighted by molar-refractivity contribution is 7.55. The highest BCUT2D eigenvalue weighted by atomic mass is 35.5. The molecule has 196 valence electrons. The normalized spacial score (nSPS) is 12.5. The highest BCUT2D eigenvalue weighted by Gasteiger charge is 2.32. The van der Waals surface area contributed by atoms with Crippen molar-refractivity contribution in [1.29, 1.82) is 0 Å². The maximum absolute atomic E-state index is 11.9. The van der Waals surface area contributed by atoms with Gasteiger partial charge in [-0.1, -0.05) is 46.7 Å². The van der Waals surface area contributed by atoms with Crippen molar-refractivity contribution < 1.29 is 41.7 Å². The molecule has 32 heavy (non-hydrogen) atoms. The first kappa shape index (κ1) is 38.9. The maximum atomic E-state index is 11.9. The third-order valence-electron chi connectivity index (χ3n) is 3.70. The fraction of sp³-hybridized carbons (Fsp3) is 0.889. The van der Waals surface area contributed by atoms with Gasteiger partial charge in [-0.25, -0.2) is 5.90 Å². The Morgan fingerprint density at radius 1 is 0.750 bits per heavy atom. The van der Waals surface area contributed by atoms with Crippen LogP contribution >= 0.6 is 27.6 Å². The summed E-state index contributed by atoms with van der Waals surface area (Å²) in [6.07, 6.45) is -0.0269. The van der Waals surface area contributed by atoms with Crippen molar-refractivity contribution >= 4 is 39.1 Å². The number of nitrogens with two attached hydrogens (primary N) is 1. The van der Waals surface area contributed by atoms with Crippen LogP contribution in [0.1, 0.15) is 41.5 Å². The predicted molar refractivity (Wildman–Crippen MR) is 130 cm³/mol. The summed E-state index contributed by atoms with van der Waals surface area (Å²) < 4.78 is 42.5. The van der Waals surface area contributed by atoms with Gasteiger partial charge in [-0.15, -0.1) is 12.4 Å². The average molecular weight is 529 g/mol. The number of oxime groups is 1. The van der Waals surface area contributed by atoms with Gasteiger partial charge in [0.25, 0.3) is 0 Å². The summed E-state index contributed by atoms with van der Waals surface area (Å²) in [5.41, 5.74) is -0.0906. The Bertz CT molecular complexity index is 617. The van der Waals surface area contributed by atoms with Gasteiger partial charge in [-0.3, -0.25) is 13.9 Å². The summed E-state index contributed by atoms with van der Waals surface area (Å²) in [7, 11) is 1.87. The van der Waals surface area contributed by atoms with Gasteiger partial charge in [-0.05, 0) is 0 Å². The number of ketones is 1. The molecule has 0 aromatic heterocycles. The molecule has 0 unspecified atom stereocenters. The average Bonchev–Trinajstić information content (AvgIpc) is 2.67. The number of halogens is 1. The third kappa shape index (κ3) is 18.1. The molecular weight excluding hydrogens is 486 g/mol. The zero-order chi connectivity index (χ0) is 25.5. The molecule has 0 spiro atoms. The van der Waals surface area contributed by atoms with Crippen LogP contribution in [0.3, 0.4) is 0 Å². The Hall–Kier alpha value is -0.350. The Balaban J connectivity index is -0.000000213. The maximum Gasteiger partial charge on any atom is 0.337 e. The first-order valence-corrected chi connectivity index (χ1v) is 12.7. The second-order valence-electron chi connectivity index (χ2n) is 8.15. The molecule has 0 aliphatic rings. The van der Waals surface area contributed by atoms with Crippen LogP contribution in [0.2, 0.25) is 0 Å². The lowest BCUT2D eigenvalue weighted by Crippen LogP contribution is -2.25. The molecule has 0 rings (SSSR count). The quantitative estimate of drug-likeness (QED) is 0.257. The Labute approximate surface area is 199 Å². The molecule has 0 atom stereocenters. The molecule has 0 radical (unpaired) electrons. The monoisotopic (exact) mass is 528 g/mol. The molecule has 0 aromatic carbocycles. The van der Waals surface area contributed by atoms with Gasteiger partial charge in [-0.2, -0.15) is 0 Å². The van der Waals surface area contributed by atoms with Crippen molar-refractivity contribution in [2.24, 2.45) is 21.9 Å². The SMILES string of the molecule is CO/N=C(\CP(=O)(OC)OC)C(C)(C)C.CON.COP(=O)(CC(=O)C(C)(C)C)OC.Cl. The van der Waals surface area contributed by atoms with Crippen molar-refractivity contribution in [3.8, 4) is 0 Å². The van der Waals surface area contributed by atoms with E-state index in [0.29, 0.717) is 5.71 Å². The number of nitrogens with zero attached hydrogens (tertiary/aromatic N) is 1. The van der Waals surface area contributed by atoms with Crippen molar-refractivity contribution in [1.82, 2.24) is 0 Å². The third-order valence-corrected chi connectivity index (χ3v) is 7.28. The van der Waals surface area contributed by atoms with Gasteiger partial charge >= 0.3 is 15.2 Å². The lowest BCUT2D eigenvalue weighted by atomic mass is 9.91. The van der Waals surface area contributed by atoms with Gasteiger partial charge < -0.3 is 27.8 Å². The summed E-state index contributed by atoms with van der Waals surface area (Å²) in [5, 5.41) is 3.86. The Kier molecular flexibility index (Phi) is 21.9. The van der Waals surface area contributed by atoms with Crippen LogP contribution in [0.25, 0.3) is 0 Å². The van der Waals surface area contributed by atoms with Gasteiger partial charge in [0, 0.05) is 39.3 Å². The number of hydrogen-bond acceptors (Lipinski definition) is 11. The van der Waals surface area contributed by atoms with E-state index >= 15 is 0 Å². The van der Waals surface area contributed by atoms with E-state index in [2.05, 4.69) is 24.9 Å². The van der Waals surface area contributed by atoms with Gasteiger partial charge in [0.2, 0.25) is 0 Å². The van der Waals surface area contributed by atoms with Crippen molar-refractivity contribution in [3.05, 3.63) is 0 Å². The molecule has 0 aliphatic carbocycles. The first-order chi connectivity index (χ1) is 14.0. The number of carbonyl (C=O) groups is 1. The van der Waals surface area contributed by atoms with Crippen LogP contribution in [-0.4, -0.2) is 66.5 Å². The van der Waals surface area contributed by atoms with Gasteiger partial charge in [0.15, 0.2) is 0 Å². The van der Waals surface area contributed by atoms with Crippen LogP contribution in [-0.2, 0) is 41.7 Å². The van der Waals surface area contributed by atoms with E-state index in [4.69, 9.17) is 13.9 Å². The van der Waals surface area contributed by atoms with E-state index in [1.165, 1.54) is 42.7 Å². The largest absolute Gasteiger partial charge is 0.399 e. The fourth-order valence-electron chi connectivity index (χ4n) is 1.52. The van der Waals surface area contributed by atoms with Crippen LogP contribution in [0.15, 0.2) is 5.16 Å². The lowest BCUT2D eigenvalue weighted by Gasteiger charge is -2.23. The summed E-state index contributed by atoms with van der Waals surface area (Å²) in [6, 6.07) is 0. The topological polar surface area (TPSA) is 145 Å². The zero-order valence-electron chi connectivity index (χ0n) is 21.4. The summed E-state index contributed by atoms with van der Waals surface area (Å²) in [5.74, 6) is 4.22. The number of carbonyl (C=O) groups excluding carboxylic acids is 1. The molecule has 0 aliphatic heterocycles. The van der Waals surface area contributed by atoms with E-state index in [0.717, 1.165) is 0 Å². The van der Waals surface area contributed by atoms with Crippen molar-refractivity contribution in [3.63, 3.8) is 0 Å². The van der Waals surface area contributed by atoms with E-state index < -0.39 is 20.6 Å². The molecule has 0 bridgehead atoms. The van der Waals surface area contributed by atoms with E-state index in [-0.39, 0.29) is 35.9 Å². The summed E-state index contributed by atoms with van der Waals surface area (Å²) in [4.78, 5) is 19.9. The minimum atomic E-state index is -3.18. The van der Waals surface area contributed by atoms with Crippen LogP contribution in [0.5, 0.6) is 0 Å². The standard InChI is InChI=1S/C9H20NO4P.C8H17O4P.CH5NO.ClH/c1-9(2,3)8(10-12-4)7-15(11,13-5)14-6;1-8(2,3)7(9)6-13(10,11-4)12-5;1-3-2;/h7H2,1-6H3;6H2,1-5H3;2H2,1H3;1H/b10-8+;;;. The molecule has 0 fully saturated rings. The molecule has 11 nitrogen and oxygen atoms in total. The molecule has 0 saturated heterocycles. The van der Waals surface area contributed by atoms with E-state index in [1.54, 1.807) is 20.8 Å². The van der Waals surface area contributed by atoms with Crippen LogP contribution in [0, 0.1) is 10.8 Å². The first-order valence-electron chi connectivity index (χ1n) is 9.23. The summed E-state index contributed by atoms with van der Waals surface area (Å²) in [6.45, 7) is 11.2. The predicted octanol–water partition coefficient (Wildman–Crippen LogP) is 4.54. The Morgan fingerprint density at radius 3 is 1.28 bits per heavy atom. The second-order valence-corrected chi connectivity index (χ2v) is 12.7. The van der Waals surface area contributed by atoms with E-state index in [9.17, 15) is 13.9 Å². The highest BCUT2D eigenvalue weighted by Crippen LogP contribution is 2.48. The molecule has 0 heterocycles. The minimum absolute atomic E-state index is 0. The zero-order valence-corrected chi connectivity index (χ0v) is 24.0. The van der Waals surface area contributed by atoms with Crippen molar-refractivity contribution in [2.75, 3.05) is 55.0 Å². The lowest BCUT2D eigenvalue weighted by molar-refractivity contribution is -0.123. The molecule has 14 heteroatoms. The smallest absolute Gasteiger partial charge is 0.337 e. The molecule has 0 saturated carbocycles. The minimum Gasteiger partial charge on any atom is -0.399 e. The fourth-order valence-corrected chi connectivity index (χ4v) is 4.06. The Morgan fingerprint density at radius 2 is 1.06 bits per heavy atom. The van der Waals surface area contributed by atoms with E-state index in [1.807, 2.05) is 20.8 Å². The molecule has 0 amide bonds. The van der Waals surface area contributed by atoms with Gasteiger partial charge in [0.05, 0.1) is 19.0 Å². The molecule has 0 aromatic rings. The second kappa shape index (κ2) is 18.0.